The molecule has 0 fully saturated rings. The molecule has 220 valence electrons. The second-order valence-electron chi connectivity index (χ2n) is 9.46. The van der Waals surface area contributed by atoms with E-state index >= 15 is 0 Å². The molecule has 0 spiro atoms. The minimum absolute atomic E-state index is 0.0732. The summed E-state index contributed by atoms with van der Waals surface area (Å²) in [4.78, 5) is 29.8. The summed E-state index contributed by atoms with van der Waals surface area (Å²) >= 11 is 15.7. The van der Waals surface area contributed by atoms with Crippen LogP contribution in [0.1, 0.15) is 11.1 Å². The molecule has 0 aliphatic heterocycles. The first kappa shape index (κ1) is 29.4. The van der Waals surface area contributed by atoms with Crippen LogP contribution in [0.5, 0.6) is 11.5 Å². The number of para-hydroxylation sites is 1. The van der Waals surface area contributed by atoms with Crippen molar-refractivity contribution in [1.29, 1.82) is 0 Å². The Hall–Kier alpha value is -4.71. The summed E-state index contributed by atoms with van der Waals surface area (Å²) in [5, 5.41) is 18.4. The third-order valence-electron chi connectivity index (χ3n) is 6.64. The van der Waals surface area contributed by atoms with Crippen molar-refractivity contribution in [3.63, 3.8) is 0 Å². The number of aromatic nitrogens is 2. The van der Waals surface area contributed by atoms with Gasteiger partial charge in [0.25, 0.3) is 5.56 Å². The van der Waals surface area contributed by atoms with Crippen molar-refractivity contribution in [3.8, 4) is 23.1 Å². The molecule has 0 aliphatic rings. The van der Waals surface area contributed by atoms with Crippen LogP contribution in [0.3, 0.4) is 0 Å². The Balaban J connectivity index is 1.43. The number of nitro benzene ring substituents is 1. The van der Waals surface area contributed by atoms with Crippen LogP contribution in [0.25, 0.3) is 33.5 Å². The van der Waals surface area contributed by atoms with Gasteiger partial charge in [-0.25, -0.2) is 4.98 Å². The molecular weight excluding hydrogens is 675 g/mol. The van der Waals surface area contributed by atoms with Crippen molar-refractivity contribution in [2.45, 2.75) is 6.61 Å². The Morgan fingerprint density at radius 3 is 2.68 bits per heavy atom. The number of hydrogen-bond donors (Lipinski definition) is 0. The molecule has 10 nitrogen and oxygen atoms in total. The fraction of sp³-hybridized carbons (Fsp3) is 0.0645. The molecule has 0 amide bonds. The molecule has 2 aromatic heterocycles. The van der Waals surface area contributed by atoms with Gasteiger partial charge >= 0.3 is 5.69 Å². The zero-order valence-electron chi connectivity index (χ0n) is 22.7. The molecule has 0 atom stereocenters. The summed E-state index contributed by atoms with van der Waals surface area (Å²) in [7, 11) is 1.36. The molecule has 0 saturated heterocycles. The van der Waals surface area contributed by atoms with Gasteiger partial charge in [-0.1, -0.05) is 57.3 Å². The molecule has 0 aliphatic carbocycles. The van der Waals surface area contributed by atoms with Gasteiger partial charge in [0.15, 0.2) is 11.5 Å². The lowest BCUT2D eigenvalue weighted by atomic mass is 10.1. The number of ether oxygens (including phenoxy) is 2. The predicted octanol–water partition coefficient (Wildman–Crippen LogP) is 8.26. The third-order valence-corrected chi connectivity index (χ3v) is 7.72. The first-order valence-electron chi connectivity index (χ1n) is 12.9. The molecule has 6 rings (SSSR count). The van der Waals surface area contributed by atoms with Crippen molar-refractivity contribution in [1.82, 2.24) is 9.66 Å². The van der Waals surface area contributed by atoms with E-state index in [-0.39, 0.29) is 35.2 Å². The first-order valence-corrected chi connectivity index (χ1v) is 14.5. The van der Waals surface area contributed by atoms with Crippen LogP contribution in [-0.4, -0.2) is 27.9 Å². The highest BCUT2D eigenvalue weighted by atomic mass is 79.9. The van der Waals surface area contributed by atoms with E-state index in [1.54, 1.807) is 54.6 Å². The number of furan rings is 1. The molecule has 0 saturated carbocycles. The summed E-state index contributed by atoms with van der Waals surface area (Å²) in [6.07, 6.45) is 1.30. The van der Waals surface area contributed by atoms with Crippen molar-refractivity contribution in [2.24, 2.45) is 5.10 Å². The molecule has 4 aromatic carbocycles. The Morgan fingerprint density at radius 1 is 1.09 bits per heavy atom. The molecule has 0 radical (unpaired) electrons. The lowest BCUT2D eigenvalue weighted by Crippen LogP contribution is -2.20. The number of benzene rings is 4. The van der Waals surface area contributed by atoms with Gasteiger partial charge < -0.3 is 13.9 Å². The van der Waals surface area contributed by atoms with Crippen LogP contribution >= 0.6 is 39.1 Å². The highest BCUT2D eigenvalue weighted by Crippen LogP contribution is 2.39. The SMILES string of the molecule is COc1cc(C=Nn2c(-c3cc4cc(Br)ccc4o3)nc3ccccc3c2=O)cc([N+](=O)[O-])c1OCc1ccc(Cl)cc1Cl. The average Bonchev–Trinajstić information content (AvgIpc) is 3.43. The first-order chi connectivity index (χ1) is 21.2. The van der Waals surface area contributed by atoms with Gasteiger partial charge in [0.05, 0.1) is 29.2 Å². The Morgan fingerprint density at radius 2 is 1.91 bits per heavy atom. The Bertz CT molecular complexity index is 2180. The van der Waals surface area contributed by atoms with Crippen LogP contribution in [0.15, 0.2) is 97.6 Å². The van der Waals surface area contributed by atoms with E-state index in [1.807, 2.05) is 12.1 Å². The normalized spacial score (nSPS) is 11.5. The van der Waals surface area contributed by atoms with Gasteiger partial charge in [-0.3, -0.25) is 14.9 Å². The van der Waals surface area contributed by atoms with Gasteiger partial charge in [0, 0.05) is 37.1 Å². The number of nitro groups is 1. The topological polar surface area (TPSA) is 122 Å². The van der Waals surface area contributed by atoms with Crippen LogP contribution in [0.2, 0.25) is 10.0 Å². The summed E-state index contributed by atoms with van der Waals surface area (Å²) in [6, 6.07) is 21.8. The second kappa shape index (κ2) is 12.1. The van der Waals surface area contributed by atoms with E-state index in [0.717, 1.165) is 14.5 Å². The number of hydrogen-bond acceptors (Lipinski definition) is 8. The van der Waals surface area contributed by atoms with E-state index < -0.39 is 10.5 Å². The molecule has 44 heavy (non-hydrogen) atoms. The van der Waals surface area contributed by atoms with Crippen molar-refractivity contribution >= 4 is 72.9 Å². The Kier molecular flexibility index (Phi) is 8.09. The number of nitrogens with zero attached hydrogens (tertiary/aromatic N) is 4. The van der Waals surface area contributed by atoms with E-state index in [1.165, 1.54) is 25.5 Å². The van der Waals surface area contributed by atoms with Gasteiger partial charge in [0.1, 0.15) is 12.2 Å². The van der Waals surface area contributed by atoms with Crippen LogP contribution in [-0.2, 0) is 6.61 Å². The summed E-state index contributed by atoms with van der Waals surface area (Å²) in [6.45, 7) is -0.0732. The number of rotatable bonds is 8. The minimum atomic E-state index is -0.597. The van der Waals surface area contributed by atoms with Gasteiger partial charge in [-0.15, -0.1) is 0 Å². The quantitative estimate of drug-likeness (QED) is 0.0894. The zero-order valence-corrected chi connectivity index (χ0v) is 25.8. The maximum absolute atomic E-state index is 13.6. The standard InChI is InChI=1S/C31H19BrCl2N4O6/c1-42-27-11-17(10-25(38(40)41)29(27)43-16-18-6-8-21(33)14-23(18)34)15-35-37-30(36-24-5-3-2-4-22(24)31(37)39)28-13-19-12-20(32)7-9-26(19)44-28/h2-15H,16H2,1H3. The molecule has 6 aromatic rings. The van der Waals surface area contributed by atoms with Gasteiger partial charge in [0.2, 0.25) is 11.6 Å². The zero-order chi connectivity index (χ0) is 31.0. The monoisotopic (exact) mass is 692 g/mol. The fourth-order valence-electron chi connectivity index (χ4n) is 4.54. The van der Waals surface area contributed by atoms with Crippen molar-refractivity contribution in [2.75, 3.05) is 7.11 Å². The summed E-state index contributed by atoms with van der Waals surface area (Å²) in [5.41, 5.74) is 1.07. The van der Waals surface area contributed by atoms with E-state index in [9.17, 15) is 14.9 Å². The number of methoxy groups -OCH3 is 1. The predicted molar refractivity (Wildman–Crippen MR) is 172 cm³/mol. The number of halogens is 3. The van der Waals surface area contributed by atoms with Crippen LogP contribution in [0.4, 0.5) is 5.69 Å². The molecule has 0 bridgehead atoms. The minimum Gasteiger partial charge on any atom is -0.493 e. The lowest BCUT2D eigenvalue weighted by molar-refractivity contribution is -0.386. The van der Waals surface area contributed by atoms with Gasteiger partial charge in [-0.2, -0.15) is 9.78 Å². The van der Waals surface area contributed by atoms with Crippen LogP contribution < -0.4 is 15.0 Å². The fourth-order valence-corrected chi connectivity index (χ4v) is 5.38. The molecule has 0 unspecified atom stereocenters. The van der Waals surface area contributed by atoms with E-state index in [2.05, 4.69) is 26.0 Å². The van der Waals surface area contributed by atoms with Gasteiger partial charge in [-0.05, 0) is 54.6 Å². The highest BCUT2D eigenvalue weighted by molar-refractivity contribution is 9.10. The molecule has 13 heteroatoms. The van der Waals surface area contributed by atoms with Crippen molar-refractivity contribution < 1.29 is 18.8 Å². The summed E-state index contributed by atoms with van der Waals surface area (Å²) < 4.78 is 19.2. The van der Waals surface area contributed by atoms with Crippen LogP contribution in [0, 0.1) is 10.1 Å². The smallest absolute Gasteiger partial charge is 0.315 e. The van der Waals surface area contributed by atoms with E-state index in [0.29, 0.717) is 37.9 Å². The average molecular weight is 694 g/mol. The largest absolute Gasteiger partial charge is 0.493 e. The highest BCUT2D eigenvalue weighted by Gasteiger charge is 2.23. The lowest BCUT2D eigenvalue weighted by Gasteiger charge is -2.13. The maximum atomic E-state index is 13.6. The maximum Gasteiger partial charge on any atom is 0.315 e. The third kappa shape index (κ3) is 5.77. The van der Waals surface area contributed by atoms with Crippen molar-refractivity contribution in [3.05, 3.63) is 125 Å². The van der Waals surface area contributed by atoms with E-state index in [4.69, 9.17) is 37.1 Å². The molecule has 2 heterocycles. The molecular formula is C31H19BrCl2N4O6. The number of fused-ring (bicyclic) bond motifs is 2. The Labute approximate surface area is 267 Å². The summed E-state index contributed by atoms with van der Waals surface area (Å²) in [5.74, 6) is 0.446. The second-order valence-corrected chi connectivity index (χ2v) is 11.2. The molecule has 0 N–H and O–H groups in total.